The van der Waals surface area contributed by atoms with Crippen molar-refractivity contribution in [3.63, 3.8) is 0 Å². The van der Waals surface area contributed by atoms with Gasteiger partial charge in [0.25, 0.3) is 0 Å². The van der Waals surface area contributed by atoms with Crippen LogP contribution in [-0.4, -0.2) is 14.2 Å². The molecule has 10 heavy (non-hydrogen) atoms. The summed E-state index contributed by atoms with van der Waals surface area (Å²) < 4.78 is 21.0. The van der Waals surface area contributed by atoms with Crippen molar-refractivity contribution in [1.29, 1.82) is 0 Å². The van der Waals surface area contributed by atoms with E-state index >= 15 is 0 Å². The fraction of sp³-hybridized carbons (Fsp3) is 1.00. The fourth-order valence-electron chi connectivity index (χ4n) is 0.701. The molecule has 0 fully saturated rings. The molecule has 0 saturated carbocycles. The predicted molar refractivity (Wildman–Crippen MR) is 46.9 cm³/mol. The van der Waals surface area contributed by atoms with Crippen LogP contribution in [0.3, 0.4) is 0 Å². The number of rotatable bonds is 5. The molecule has 0 rings (SSSR count). The molecule has 62 valence electrons. The molecule has 4 heteroatoms. The summed E-state index contributed by atoms with van der Waals surface area (Å²) in [5, 5.41) is 0. The van der Waals surface area contributed by atoms with E-state index in [-0.39, 0.29) is 5.75 Å². The van der Waals surface area contributed by atoms with Crippen LogP contribution in [0.15, 0.2) is 0 Å². The van der Waals surface area contributed by atoms with Gasteiger partial charge in [0.1, 0.15) is 0 Å². The lowest BCUT2D eigenvalue weighted by atomic mass is 10.2. The van der Waals surface area contributed by atoms with E-state index in [4.69, 9.17) is 0 Å². The van der Waals surface area contributed by atoms with E-state index in [1.807, 2.05) is 0 Å². The Bertz CT molecular complexity index is 163. The van der Waals surface area contributed by atoms with Crippen molar-refractivity contribution in [2.45, 2.75) is 32.6 Å². The second kappa shape index (κ2) is 5.13. The van der Waals surface area contributed by atoms with Crippen molar-refractivity contribution < 1.29 is 8.42 Å². The Morgan fingerprint density at radius 1 is 1.20 bits per heavy atom. The summed E-state index contributed by atoms with van der Waals surface area (Å²) in [6, 6.07) is 0. The predicted octanol–water partition coefficient (Wildman–Crippen LogP) is 2.29. The molecular formula is C6H13BrO2S. The second-order valence-corrected chi connectivity index (χ2v) is 6.75. The van der Waals surface area contributed by atoms with Crippen molar-refractivity contribution in [2.75, 3.05) is 5.75 Å². The average Bonchev–Trinajstić information content (AvgIpc) is 1.78. The molecule has 0 aromatic carbocycles. The topological polar surface area (TPSA) is 34.1 Å². The molecule has 0 aromatic rings. The van der Waals surface area contributed by atoms with Gasteiger partial charge in [-0.3, -0.25) is 0 Å². The Hall–Kier alpha value is 0.430. The van der Waals surface area contributed by atoms with E-state index in [1.165, 1.54) is 0 Å². The third-order valence-electron chi connectivity index (χ3n) is 1.24. The van der Waals surface area contributed by atoms with Crippen LogP contribution in [0.4, 0.5) is 0 Å². The SMILES string of the molecule is CCCCCCS(=O)(=O)Br. The Balaban J connectivity index is 3.21. The Kier molecular flexibility index (Phi) is 5.35. The zero-order valence-electron chi connectivity index (χ0n) is 6.14. The molecule has 0 spiro atoms. The Morgan fingerprint density at radius 2 is 1.80 bits per heavy atom. The summed E-state index contributed by atoms with van der Waals surface area (Å²) in [6.07, 6.45) is 4.06. The maximum atomic E-state index is 10.5. The van der Waals surface area contributed by atoms with E-state index in [0.29, 0.717) is 0 Å². The second-order valence-electron chi connectivity index (χ2n) is 2.30. The van der Waals surface area contributed by atoms with Gasteiger partial charge in [-0.25, -0.2) is 8.42 Å². The maximum absolute atomic E-state index is 10.5. The standard InChI is InChI=1S/C6H13BrO2S/c1-2-3-4-5-6-10(7,8)9/h2-6H2,1H3. The minimum atomic E-state index is -2.89. The van der Waals surface area contributed by atoms with Gasteiger partial charge in [-0.05, 0) is 6.42 Å². The van der Waals surface area contributed by atoms with Gasteiger partial charge in [0.2, 0.25) is 8.27 Å². The first-order valence-electron chi connectivity index (χ1n) is 3.48. The van der Waals surface area contributed by atoms with Crippen molar-refractivity contribution >= 4 is 23.1 Å². The van der Waals surface area contributed by atoms with Crippen LogP contribution in [0.25, 0.3) is 0 Å². The number of unbranched alkanes of at least 4 members (excludes halogenated alkanes) is 3. The number of hydrogen-bond acceptors (Lipinski definition) is 2. The third kappa shape index (κ3) is 8.43. The van der Waals surface area contributed by atoms with E-state index in [9.17, 15) is 8.42 Å². The van der Waals surface area contributed by atoms with E-state index in [1.54, 1.807) is 0 Å². The quantitative estimate of drug-likeness (QED) is 0.535. The number of halogens is 1. The van der Waals surface area contributed by atoms with E-state index in [2.05, 4.69) is 21.7 Å². The van der Waals surface area contributed by atoms with Crippen molar-refractivity contribution in [2.24, 2.45) is 0 Å². The van der Waals surface area contributed by atoms with E-state index in [0.717, 1.165) is 25.7 Å². The highest BCUT2D eigenvalue weighted by molar-refractivity contribution is 9.47. The monoisotopic (exact) mass is 228 g/mol. The fourth-order valence-corrected chi connectivity index (χ4v) is 1.94. The van der Waals surface area contributed by atoms with Crippen molar-refractivity contribution in [3.05, 3.63) is 0 Å². The molecule has 0 saturated heterocycles. The third-order valence-corrected chi connectivity index (χ3v) is 2.99. The van der Waals surface area contributed by atoms with Gasteiger partial charge >= 0.3 is 0 Å². The average molecular weight is 229 g/mol. The Labute approximate surface area is 70.1 Å². The first-order chi connectivity index (χ1) is 4.56. The molecule has 0 aliphatic rings. The maximum Gasteiger partial charge on any atom is 0.209 e. The summed E-state index contributed by atoms with van der Waals surface area (Å²) in [5.41, 5.74) is 0. The molecule has 0 radical (unpaired) electrons. The first kappa shape index (κ1) is 10.4. The van der Waals surface area contributed by atoms with Gasteiger partial charge in [-0.1, -0.05) is 26.2 Å². The van der Waals surface area contributed by atoms with Gasteiger partial charge in [0.15, 0.2) is 0 Å². The highest BCUT2D eigenvalue weighted by atomic mass is 79.9. The minimum Gasteiger partial charge on any atom is -0.217 e. The van der Waals surface area contributed by atoms with Gasteiger partial charge in [-0.15, -0.1) is 0 Å². The number of hydrogen-bond donors (Lipinski definition) is 0. The normalized spacial score (nSPS) is 11.8. The minimum absolute atomic E-state index is 0.271. The summed E-state index contributed by atoms with van der Waals surface area (Å²) in [7, 11) is -2.89. The molecule has 0 atom stereocenters. The highest BCUT2D eigenvalue weighted by Gasteiger charge is 2.01. The van der Waals surface area contributed by atoms with Crippen LogP contribution in [0.2, 0.25) is 0 Å². The summed E-state index contributed by atoms with van der Waals surface area (Å²) in [5.74, 6) is 0.271. The molecule has 0 heterocycles. The molecule has 0 aliphatic heterocycles. The molecule has 0 aliphatic carbocycles. The van der Waals surface area contributed by atoms with Gasteiger partial charge in [0, 0.05) is 0 Å². The lowest BCUT2D eigenvalue weighted by molar-refractivity contribution is 0.604. The van der Waals surface area contributed by atoms with Crippen LogP contribution in [-0.2, 0) is 8.27 Å². The van der Waals surface area contributed by atoms with Gasteiger partial charge in [0.05, 0.1) is 20.6 Å². The van der Waals surface area contributed by atoms with Crippen LogP contribution in [0.5, 0.6) is 0 Å². The molecular weight excluding hydrogens is 216 g/mol. The van der Waals surface area contributed by atoms with Crippen LogP contribution >= 0.6 is 14.8 Å². The summed E-state index contributed by atoms with van der Waals surface area (Å²) in [6.45, 7) is 2.10. The van der Waals surface area contributed by atoms with E-state index < -0.39 is 8.27 Å². The Morgan fingerprint density at radius 3 is 2.20 bits per heavy atom. The van der Waals surface area contributed by atoms with Crippen LogP contribution < -0.4 is 0 Å². The zero-order valence-corrected chi connectivity index (χ0v) is 8.54. The molecule has 0 N–H and O–H groups in total. The lowest BCUT2D eigenvalue weighted by Gasteiger charge is -1.94. The van der Waals surface area contributed by atoms with Crippen molar-refractivity contribution in [3.8, 4) is 0 Å². The van der Waals surface area contributed by atoms with Gasteiger partial charge in [-0.2, -0.15) is 0 Å². The molecule has 0 amide bonds. The molecule has 0 unspecified atom stereocenters. The van der Waals surface area contributed by atoms with Crippen LogP contribution in [0, 0.1) is 0 Å². The molecule has 2 nitrogen and oxygen atoms in total. The van der Waals surface area contributed by atoms with Gasteiger partial charge < -0.3 is 0 Å². The smallest absolute Gasteiger partial charge is 0.209 e. The van der Waals surface area contributed by atoms with Crippen LogP contribution in [0.1, 0.15) is 32.6 Å². The zero-order chi connectivity index (χ0) is 8.04. The molecule has 0 aromatic heterocycles. The van der Waals surface area contributed by atoms with Crippen molar-refractivity contribution in [1.82, 2.24) is 0 Å². The first-order valence-corrected chi connectivity index (χ1v) is 6.98. The largest absolute Gasteiger partial charge is 0.217 e. The summed E-state index contributed by atoms with van der Waals surface area (Å²) in [4.78, 5) is 0. The highest BCUT2D eigenvalue weighted by Crippen LogP contribution is 2.06. The summed E-state index contributed by atoms with van der Waals surface area (Å²) >= 11 is 2.60. The molecule has 0 bridgehead atoms. The lowest BCUT2D eigenvalue weighted by Crippen LogP contribution is -1.95.